The molecule has 25 heavy (non-hydrogen) atoms. The molecule has 3 aromatic rings. The Kier molecular flexibility index (Phi) is 5.83. The van der Waals surface area contributed by atoms with E-state index in [1.165, 1.54) is 0 Å². The summed E-state index contributed by atoms with van der Waals surface area (Å²) in [4.78, 5) is 0. The average Bonchev–Trinajstić information content (AvgIpc) is 2.69. The summed E-state index contributed by atoms with van der Waals surface area (Å²) in [7, 11) is 1.69. The van der Waals surface area contributed by atoms with Gasteiger partial charge in [0.05, 0.1) is 26.9 Å². The molecule has 1 N–H and O–H groups in total. The topological polar surface area (TPSA) is 38.7 Å². The van der Waals surface area contributed by atoms with Gasteiger partial charge in [-0.25, -0.2) is 0 Å². The van der Waals surface area contributed by atoms with Crippen molar-refractivity contribution in [3.05, 3.63) is 78.4 Å². The van der Waals surface area contributed by atoms with Crippen molar-refractivity contribution < 1.29 is 14.6 Å². The van der Waals surface area contributed by atoms with E-state index in [2.05, 4.69) is 30.3 Å². The minimum Gasteiger partial charge on any atom is -0.496 e. The molecule has 128 valence electrons. The first-order valence-corrected chi connectivity index (χ1v) is 8.34. The van der Waals surface area contributed by atoms with E-state index in [0.717, 1.165) is 33.6 Å². The van der Waals surface area contributed by atoms with Crippen LogP contribution >= 0.6 is 0 Å². The highest BCUT2D eigenvalue weighted by Gasteiger charge is 2.17. The summed E-state index contributed by atoms with van der Waals surface area (Å²) in [5.41, 5.74) is 5.38. The summed E-state index contributed by atoms with van der Waals surface area (Å²) < 4.78 is 11.3. The molecule has 0 saturated heterocycles. The summed E-state index contributed by atoms with van der Waals surface area (Å²) in [6.07, 6.45) is 0. The summed E-state index contributed by atoms with van der Waals surface area (Å²) in [6, 6.07) is 24.7. The van der Waals surface area contributed by atoms with E-state index in [4.69, 9.17) is 14.6 Å². The largest absolute Gasteiger partial charge is 0.496 e. The second-order valence-electron chi connectivity index (χ2n) is 5.69. The normalized spacial score (nSPS) is 10.6. The van der Waals surface area contributed by atoms with Crippen LogP contribution in [0.2, 0.25) is 0 Å². The molecule has 0 aliphatic rings. The lowest BCUT2D eigenvalue weighted by Crippen LogP contribution is -2.03. The number of benzene rings is 3. The van der Waals surface area contributed by atoms with Crippen molar-refractivity contribution in [2.24, 2.45) is 0 Å². The number of hydrogen-bond acceptors (Lipinski definition) is 3. The van der Waals surface area contributed by atoms with Crippen LogP contribution < -0.4 is 4.74 Å². The third-order valence-corrected chi connectivity index (χ3v) is 4.08. The van der Waals surface area contributed by atoms with Gasteiger partial charge in [-0.15, -0.1) is 0 Å². The van der Waals surface area contributed by atoms with Gasteiger partial charge in [0.25, 0.3) is 0 Å². The lowest BCUT2D eigenvalue weighted by atomic mass is 9.91. The van der Waals surface area contributed by atoms with Crippen LogP contribution in [0.25, 0.3) is 22.3 Å². The molecule has 0 fully saturated rings. The number of rotatable bonds is 7. The molecule has 0 saturated carbocycles. The lowest BCUT2D eigenvalue weighted by molar-refractivity contribution is 0.0804. The van der Waals surface area contributed by atoms with Crippen molar-refractivity contribution in [3.63, 3.8) is 0 Å². The monoisotopic (exact) mass is 334 g/mol. The van der Waals surface area contributed by atoms with Crippen LogP contribution in [0, 0.1) is 0 Å². The molecule has 0 aliphatic carbocycles. The second-order valence-corrected chi connectivity index (χ2v) is 5.69. The highest BCUT2D eigenvalue weighted by Crippen LogP contribution is 2.41. The highest BCUT2D eigenvalue weighted by molar-refractivity contribution is 5.88. The van der Waals surface area contributed by atoms with E-state index in [1.54, 1.807) is 7.11 Å². The van der Waals surface area contributed by atoms with Gasteiger partial charge in [0.1, 0.15) is 5.75 Å². The van der Waals surface area contributed by atoms with Gasteiger partial charge >= 0.3 is 0 Å². The Morgan fingerprint density at radius 1 is 0.800 bits per heavy atom. The molecule has 3 nitrogen and oxygen atoms in total. The van der Waals surface area contributed by atoms with Gasteiger partial charge in [0, 0.05) is 11.1 Å². The molecule has 0 amide bonds. The van der Waals surface area contributed by atoms with E-state index >= 15 is 0 Å². The van der Waals surface area contributed by atoms with Crippen molar-refractivity contribution in [1.82, 2.24) is 0 Å². The van der Waals surface area contributed by atoms with Crippen LogP contribution in [-0.2, 0) is 11.3 Å². The van der Waals surface area contributed by atoms with Crippen LogP contribution in [0.4, 0.5) is 0 Å². The minimum atomic E-state index is 0.00988. The Morgan fingerprint density at radius 3 is 2.04 bits per heavy atom. The van der Waals surface area contributed by atoms with Gasteiger partial charge in [-0.2, -0.15) is 0 Å². The standard InChI is InChI=1S/C22H22O3/c1-24-22-19(16-25-15-14-23)12-13-20(17-8-4-2-5-9-17)21(22)18-10-6-3-7-11-18/h2-13,23H,14-16H2,1H3. The van der Waals surface area contributed by atoms with Crippen LogP contribution in [0.15, 0.2) is 72.8 Å². The first kappa shape index (κ1) is 17.2. The van der Waals surface area contributed by atoms with Crippen molar-refractivity contribution in [3.8, 4) is 28.0 Å². The van der Waals surface area contributed by atoms with Gasteiger partial charge in [-0.3, -0.25) is 0 Å². The Balaban J connectivity index is 2.16. The minimum absolute atomic E-state index is 0.00988. The molecular formula is C22H22O3. The van der Waals surface area contributed by atoms with E-state index in [9.17, 15) is 0 Å². The van der Waals surface area contributed by atoms with Crippen molar-refractivity contribution in [1.29, 1.82) is 0 Å². The van der Waals surface area contributed by atoms with Crippen LogP contribution in [0.1, 0.15) is 5.56 Å². The third kappa shape index (κ3) is 3.90. The van der Waals surface area contributed by atoms with E-state index < -0.39 is 0 Å². The maximum Gasteiger partial charge on any atom is 0.132 e. The van der Waals surface area contributed by atoms with E-state index in [0.29, 0.717) is 13.2 Å². The Bertz CT molecular complexity index is 798. The lowest BCUT2D eigenvalue weighted by Gasteiger charge is -2.18. The van der Waals surface area contributed by atoms with E-state index in [-0.39, 0.29) is 6.61 Å². The fourth-order valence-corrected chi connectivity index (χ4v) is 2.97. The third-order valence-electron chi connectivity index (χ3n) is 4.08. The van der Waals surface area contributed by atoms with Crippen molar-refractivity contribution in [2.75, 3.05) is 20.3 Å². The molecular weight excluding hydrogens is 312 g/mol. The summed E-state index contributed by atoms with van der Waals surface area (Å²) in [6.45, 7) is 0.721. The fraction of sp³-hybridized carbons (Fsp3) is 0.182. The SMILES string of the molecule is COc1c(COCCO)ccc(-c2ccccc2)c1-c1ccccc1. The number of ether oxygens (including phenoxy) is 2. The maximum absolute atomic E-state index is 8.94. The first-order chi connectivity index (χ1) is 12.3. The Morgan fingerprint density at radius 2 is 1.44 bits per heavy atom. The number of methoxy groups -OCH3 is 1. The molecule has 3 aromatic carbocycles. The molecule has 0 bridgehead atoms. The number of aliphatic hydroxyl groups excluding tert-OH is 1. The zero-order valence-electron chi connectivity index (χ0n) is 14.3. The first-order valence-electron chi connectivity index (χ1n) is 8.34. The predicted molar refractivity (Wildman–Crippen MR) is 101 cm³/mol. The quantitative estimate of drug-likeness (QED) is 0.645. The molecule has 0 aromatic heterocycles. The summed E-state index contributed by atoms with van der Waals surface area (Å²) in [5.74, 6) is 0.811. The van der Waals surface area contributed by atoms with Gasteiger partial charge in [0.15, 0.2) is 0 Å². The molecule has 0 heterocycles. The van der Waals surface area contributed by atoms with Crippen LogP contribution in [0.3, 0.4) is 0 Å². The zero-order chi connectivity index (χ0) is 17.5. The van der Waals surface area contributed by atoms with Crippen LogP contribution in [-0.4, -0.2) is 25.4 Å². The Hall–Kier alpha value is -2.62. The second kappa shape index (κ2) is 8.47. The fourth-order valence-electron chi connectivity index (χ4n) is 2.97. The van der Waals surface area contributed by atoms with Crippen molar-refractivity contribution in [2.45, 2.75) is 6.61 Å². The predicted octanol–water partition coefficient (Wildman–Crippen LogP) is 4.54. The van der Waals surface area contributed by atoms with Gasteiger partial charge < -0.3 is 14.6 Å². The van der Waals surface area contributed by atoms with E-state index in [1.807, 2.05) is 42.5 Å². The molecule has 0 radical (unpaired) electrons. The molecule has 3 heteroatoms. The van der Waals surface area contributed by atoms with Gasteiger partial charge in [0.2, 0.25) is 0 Å². The summed E-state index contributed by atoms with van der Waals surface area (Å²) in [5, 5.41) is 8.94. The zero-order valence-corrected chi connectivity index (χ0v) is 14.3. The van der Waals surface area contributed by atoms with Crippen LogP contribution in [0.5, 0.6) is 5.75 Å². The molecule has 3 rings (SSSR count). The molecule has 0 aliphatic heterocycles. The Labute approximate surface area is 148 Å². The highest BCUT2D eigenvalue weighted by atomic mass is 16.5. The van der Waals surface area contributed by atoms with Gasteiger partial charge in [-0.05, 0) is 16.7 Å². The molecule has 0 unspecified atom stereocenters. The number of hydrogen-bond donors (Lipinski definition) is 1. The molecule has 0 spiro atoms. The average molecular weight is 334 g/mol. The maximum atomic E-state index is 8.94. The van der Waals surface area contributed by atoms with Crippen molar-refractivity contribution >= 4 is 0 Å². The summed E-state index contributed by atoms with van der Waals surface area (Å²) >= 11 is 0. The smallest absolute Gasteiger partial charge is 0.132 e. The number of aliphatic hydroxyl groups is 1. The molecule has 0 atom stereocenters. The van der Waals surface area contributed by atoms with Gasteiger partial charge in [-0.1, -0.05) is 72.8 Å².